The molecule has 0 radical (unpaired) electrons. The minimum absolute atomic E-state index is 1.13. The Hall–Kier alpha value is -7.62. The van der Waals surface area contributed by atoms with Gasteiger partial charge in [-0.3, -0.25) is 0 Å². The van der Waals surface area contributed by atoms with Gasteiger partial charge in [0, 0.05) is 49.4 Å². The number of rotatable bonds is 5. The molecular weight excluding hydrogens is 691 g/mol. The number of hydrogen-bond acceptors (Lipinski definition) is 0. The number of nitrogens with zero attached hydrogens (tertiary/aromatic N) is 3. The molecule has 0 amide bonds. The molecule has 3 heteroatoms. The molecule has 0 N–H and O–H groups in total. The molecule has 9 aromatic carbocycles. The van der Waals surface area contributed by atoms with Gasteiger partial charge in [-0.2, -0.15) is 0 Å². The molecule has 0 bridgehead atoms. The average Bonchev–Trinajstić information content (AvgIpc) is 3.91. The fraction of sp³-hybridized carbons (Fsp3) is 0. The number of aromatic nitrogens is 3. The van der Waals surface area contributed by atoms with Crippen LogP contribution < -0.4 is 0 Å². The Morgan fingerprint density at radius 3 is 1.26 bits per heavy atom. The lowest BCUT2D eigenvalue weighted by atomic mass is 10.0. The third kappa shape index (κ3) is 4.86. The van der Waals surface area contributed by atoms with Crippen LogP contribution in [0, 0.1) is 0 Å². The van der Waals surface area contributed by atoms with Gasteiger partial charge < -0.3 is 13.7 Å². The van der Waals surface area contributed by atoms with Crippen molar-refractivity contribution in [3.8, 4) is 39.3 Å². The summed E-state index contributed by atoms with van der Waals surface area (Å²) in [5.41, 5.74) is 15.4. The van der Waals surface area contributed by atoms with Gasteiger partial charge in [0.05, 0.1) is 33.1 Å². The highest BCUT2D eigenvalue weighted by Crippen LogP contribution is 2.42. The Balaban J connectivity index is 1.17. The number of para-hydroxylation sites is 3. The van der Waals surface area contributed by atoms with Gasteiger partial charge in [0.15, 0.2) is 0 Å². The zero-order chi connectivity index (χ0) is 37.5. The Morgan fingerprint density at radius 1 is 0.193 bits per heavy atom. The van der Waals surface area contributed by atoms with Crippen LogP contribution in [0.4, 0.5) is 0 Å². The van der Waals surface area contributed by atoms with Crippen molar-refractivity contribution in [1.82, 2.24) is 13.7 Å². The zero-order valence-corrected chi connectivity index (χ0v) is 31.0. The smallest absolute Gasteiger partial charge is 0.0561 e. The summed E-state index contributed by atoms with van der Waals surface area (Å²) in [6, 6.07) is 77.5. The predicted molar refractivity (Wildman–Crippen MR) is 240 cm³/mol. The van der Waals surface area contributed by atoms with E-state index >= 15 is 0 Å². The molecule has 0 aliphatic rings. The van der Waals surface area contributed by atoms with Gasteiger partial charge in [-0.05, 0) is 95.1 Å². The molecule has 0 unspecified atom stereocenters. The van der Waals surface area contributed by atoms with Gasteiger partial charge in [-0.15, -0.1) is 0 Å². The van der Waals surface area contributed by atoms with Crippen LogP contribution in [0.15, 0.2) is 212 Å². The summed E-state index contributed by atoms with van der Waals surface area (Å²) >= 11 is 0. The van der Waals surface area contributed by atoms with Crippen molar-refractivity contribution >= 4 is 65.4 Å². The highest BCUT2D eigenvalue weighted by molar-refractivity contribution is 6.19. The van der Waals surface area contributed by atoms with Crippen molar-refractivity contribution in [3.05, 3.63) is 212 Å². The van der Waals surface area contributed by atoms with Crippen LogP contribution in [-0.2, 0) is 0 Å². The highest BCUT2D eigenvalue weighted by Gasteiger charge is 2.21. The molecule has 0 saturated heterocycles. The second-order valence-electron chi connectivity index (χ2n) is 15.0. The van der Waals surface area contributed by atoms with E-state index in [-0.39, 0.29) is 0 Å². The quantitative estimate of drug-likeness (QED) is 0.168. The standard InChI is InChI=1S/C54H35N3/c1-4-15-36(16-5-1)38-19-14-22-41(31-38)57-52-33-42(56-50-26-13-10-23-43(50)46-32-39(27-30-51(46)56)37-17-6-2-7-18-37)28-29-45(52)48-35-53-47(34-54(48)57)44-24-11-12-25-49(44)55(53)40-20-8-3-9-21-40/h1-35H. The highest BCUT2D eigenvalue weighted by atomic mass is 15.0. The average molecular weight is 726 g/mol. The minimum Gasteiger partial charge on any atom is -0.309 e. The molecule has 0 spiro atoms. The van der Waals surface area contributed by atoms with Crippen molar-refractivity contribution in [3.63, 3.8) is 0 Å². The molecule has 0 atom stereocenters. The van der Waals surface area contributed by atoms with E-state index in [2.05, 4.69) is 226 Å². The summed E-state index contributed by atoms with van der Waals surface area (Å²) in [6.45, 7) is 0. The molecule has 0 fully saturated rings. The summed E-state index contributed by atoms with van der Waals surface area (Å²) in [6.07, 6.45) is 0. The topological polar surface area (TPSA) is 14.8 Å². The zero-order valence-electron chi connectivity index (χ0n) is 31.0. The number of fused-ring (bicyclic) bond motifs is 9. The third-order valence-corrected chi connectivity index (χ3v) is 11.8. The van der Waals surface area contributed by atoms with Gasteiger partial charge in [-0.25, -0.2) is 0 Å². The Kier molecular flexibility index (Phi) is 6.93. The largest absolute Gasteiger partial charge is 0.309 e. The van der Waals surface area contributed by atoms with E-state index in [1.54, 1.807) is 0 Å². The molecule has 0 saturated carbocycles. The summed E-state index contributed by atoms with van der Waals surface area (Å²) < 4.78 is 7.34. The van der Waals surface area contributed by atoms with E-state index in [0.29, 0.717) is 0 Å². The summed E-state index contributed by atoms with van der Waals surface area (Å²) in [5.74, 6) is 0. The van der Waals surface area contributed by atoms with Crippen LogP contribution in [0.5, 0.6) is 0 Å². The molecule has 0 aliphatic carbocycles. The van der Waals surface area contributed by atoms with E-state index in [4.69, 9.17) is 0 Å². The second kappa shape index (κ2) is 12.5. The maximum atomic E-state index is 2.48. The first-order chi connectivity index (χ1) is 28.3. The lowest BCUT2D eigenvalue weighted by Gasteiger charge is -2.13. The van der Waals surface area contributed by atoms with E-state index in [1.165, 1.54) is 87.7 Å². The number of hydrogen-bond donors (Lipinski definition) is 0. The van der Waals surface area contributed by atoms with Gasteiger partial charge in [0.1, 0.15) is 0 Å². The normalized spacial score (nSPS) is 11.9. The van der Waals surface area contributed by atoms with Gasteiger partial charge in [0.25, 0.3) is 0 Å². The monoisotopic (exact) mass is 725 g/mol. The van der Waals surface area contributed by atoms with Crippen LogP contribution in [-0.4, -0.2) is 13.7 Å². The lowest BCUT2D eigenvalue weighted by molar-refractivity contribution is 1.15. The van der Waals surface area contributed by atoms with Crippen LogP contribution >= 0.6 is 0 Å². The van der Waals surface area contributed by atoms with Crippen LogP contribution in [0.2, 0.25) is 0 Å². The molecule has 3 heterocycles. The van der Waals surface area contributed by atoms with E-state index in [9.17, 15) is 0 Å². The van der Waals surface area contributed by atoms with Crippen molar-refractivity contribution in [1.29, 1.82) is 0 Å². The fourth-order valence-electron chi connectivity index (χ4n) is 9.26. The predicted octanol–water partition coefficient (Wildman–Crippen LogP) is 14.3. The number of benzene rings is 9. The van der Waals surface area contributed by atoms with Crippen molar-refractivity contribution in [2.75, 3.05) is 0 Å². The van der Waals surface area contributed by atoms with Crippen LogP contribution in [0.3, 0.4) is 0 Å². The molecule has 12 aromatic rings. The van der Waals surface area contributed by atoms with Gasteiger partial charge >= 0.3 is 0 Å². The second-order valence-corrected chi connectivity index (χ2v) is 15.0. The molecule has 0 aliphatic heterocycles. The summed E-state index contributed by atoms with van der Waals surface area (Å²) in [5, 5.41) is 7.43. The Bertz CT molecular complexity index is 3500. The lowest BCUT2D eigenvalue weighted by Crippen LogP contribution is -1.97. The molecule has 3 nitrogen and oxygen atoms in total. The Labute approximate surface area is 329 Å². The molecule has 3 aromatic heterocycles. The molecular formula is C54H35N3. The maximum absolute atomic E-state index is 2.48. The summed E-state index contributed by atoms with van der Waals surface area (Å²) in [7, 11) is 0. The van der Waals surface area contributed by atoms with Crippen LogP contribution in [0.25, 0.3) is 105 Å². The first-order valence-electron chi connectivity index (χ1n) is 19.6. The first-order valence-corrected chi connectivity index (χ1v) is 19.6. The fourth-order valence-corrected chi connectivity index (χ4v) is 9.26. The van der Waals surface area contributed by atoms with Crippen molar-refractivity contribution in [2.45, 2.75) is 0 Å². The van der Waals surface area contributed by atoms with Crippen molar-refractivity contribution in [2.24, 2.45) is 0 Å². The molecule has 57 heavy (non-hydrogen) atoms. The SMILES string of the molecule is c1ccc(-c2cccc(-n3c4cc(-n5c6ccccc6c6cc(-c7ccccc7)ccc65)ccc4c4cc5c(cc43)c3ccccc3n5-c3ccccc3)c2)cc1. The first kappa shape index (κ1) is 31.7. The molecule has 266 valence electrons. The minimum atomic E-state index is 1.13. The Morgan fingerprint density at radius 2 is 0.614 bits per heavy atom. The van der Waals surface area contributed by atoms with Gasteiger partial charge in [-0.1, -0.05) is 140 Å². The van der Waals surface area contributed by atoms with Crippen LogP contribution in [0.1, 0.15) is 0 Å². The van der Waals surface area contributed by atoms with E-state index in [1.807, 2.05) is 0 Å². The third-order valence-electron chi connectivity index (χ3n) is 11.8. The van der Waals surface area contributed by atoms with Gasteiger partial charge in [0.2, 0.25) is 0 Å². The van der Waals surface area contributed by atoms with E-state index < -0.39 is 0 Å². The summed E-state index contributed by atoms with van der Waals surface area (Å²) in [4.78, 5) is 0. The molecule has 12 rings (SSSR count). The van der Waals surface area contributed by atoms with E-state index in [0.717, 1.165) is 17.1 Å². The maximum Gasteiger partial charge on any atom is 0.0561 e. The van der Waals surface area contributed by atoms with Crippen molar-refractivity contribution < 1.29 is 0 Å².